The molecule has 0 aliphatic heterocycles. The molecule has 3 aromatic carbocycles. The molecular weight excluding hydrogens is 394 g/mol. The molecule has 4 aromatic rings. The lowest BCUT2D eigenvalue weighted by Gasteiger charge is -2.09. The molecule has 0 radical (unpaired) electrons. The largest absolute Gasteiger partial charge is 0.497 e. The molecule has 0 bridgehead atoms. The number of methoxy groups -OCH3 is 1. The van der Waals surface area contributed by atoms with Gasteiger partial charge in [0.1, 0.15) is 5.75 Å². The highest BCUT2D eigenvalue weighted by atomic mass is 16.5. The van der Waals surface area contributed by atoms with Crippen LogP contribution in [0.5, 0.6) is 5.75 Å². The lowest BCUT2D eigenvalue weighted by atomic mass is 10.1. The summed E-state index contributed by atoms with van der Waals surface area (Å²) in [5, 5.41) is 3.31. The van der Waals surface area contributed by atoms with Crippen LogP contribution in [0.25, 0.3) is 16.6 Å². The van der Waals surface area contributed by atoms with Gasteiger partial charge >= 0.3 is 5.69 Å². The van der Waals surface area contributed by atoms with Gasteiger partial charge < -0.3 is 15.0 Å². The van der Waals surface area contributed by atoms with Crippen molar-refractivity contribution in [2.24, 2.45) is 0 Å². The minimum Gasteiger partial charge on any atom is -0.497 e. The summed E-state index contributed by atoms with van der Waals surface area (Å²) in [5.74, 6) is 0.642. The second kappa shape index (κ2) is 8.71. The molecule has 4 rings (SSSR count). The summed E-state index contributed by atoms with van der Waals surface area (Å²) >= 11 is 0. The van der Waals surface area contributed by atoms with Crippen LogP contribution < -0.4 is 21.3 Å². The number of aromatic amines is 1. The van der Waals surface area contributed by atoms with E-state index in [0.29, 0.717) is 23.1 Å². The fourth-order valence-electron chi connectivity index (χ4n) is 3.35. The van der Waals surface area contributed by atoms with E-state index in [1.165, 1.54) is 0 Å². The summed E-state index contributed by atoms with van der Waals surface area (Å²) in [6.45, 7) is 0.419. The van der Waals surface area contributed by atoms with Gasteiger partial charge in [-0.05, 0) is 47.5 Å². The zero-order chi connectivity index (χ0) is 21.8. The Hall–Kier alpha value is -4.13. The van der Waals surface area contributed by atoms with E-state index in [-0.39, 0.29) is 17.9 Å². The van der Waals surface area contributed by atoms with Crippen molar-refractivity contribution in [3.05, 3.63) is 105 Å². The van der Waals surface area contributed by atoms with Crippen molar-refractivity contribution in [1.29, 1.82) is 0 Å². The molecule has 31 heavy (non-hydrogen) atoms. The van der Waals surface area contributed by atoms with Gasteiger partial charge in [-0.1, -0.05) is 36.4 Å². The standard InChI is InChI=1S/C24H21N3O4/c1-31-19-12-8-17(9-13-19)15-25-22(28)14-16-6-10-18(11-7-16)27-23(29)20-4-2-3-5-21(20)26-24(27)30/h2-13H,14-15H2,1H3,(H,25,28)(H,26,30). The van der Waals surface area contributed by atoms with Crippen molar-refractivity contribution in [3.8, 4) is 11.4 Å². The van der Waals surface area contributed by atoms with E-state index < -0.39 is 5.69 Å². The molecule has 1 aromatic heterocycles. The molecule has 7 nitrogen and oxygen atoms in total. The maximum atomic E-state index is 12.7. The smallest absolute Gasteiger partial charge is 0.333 e. The van der Waals surface area contributed by atoms with Crippen LogP contribution in [0.3, 0.4) is 0 Å². The van der Waals surface area contributed by atoms with Gasteiger partial charge in [0.05, 0.1) is 30.1 Å². The minimum absolute atomic E-state index is 0.121. The number of carbonyl (C=O) groups is 1. The molecular formula is C24H21N3O4. The Balaban J connectivity index is 1.46. The maximum Gasteiger partial charge on any atom is 0.333 e. The molecule has 2 N–H and O–H groups in total. The first-order valence-corrected chi connectivity index (χ1v) is 9.78. The van der Waals surface area contributed by atoms with Crippen LogP contribution >= 0.6 is 0 Å². The zero-order valence-electron chi connectivity index (χ0n) is 16.9. The van der Waals surface area contributed by atoms with Crippen LogP contribution in [0.15, 0.2) is 82.4 Å². The first-order valence-electron chi connectivity index (χ1n) is 9.78. The van der Waals surface area contributed by atoms with Gasteiger partial charge in [-0.25, -0.2) is 9.36 Å². The fourth-order valence-corrected chi connectivity index (χ4v) is 3.35. The van der Waals surface area contributed by atoms with Crippen LogP contribution in [-0.4, -0.2) is 22.6 Å². The number of rotatable bonds is 6. The summed E-state index contributed by atoms with van der Waals surface area (Å²) in [5.41, 5.74) is 1.80. The Morgan fingerprint density at radius 2 is 1.61 bits per heavy atom. The zero-order valence-corrected chi connectivity index (χ0v) is 16.9. The Morgan fingerprint density at radius 1 is 0.935 bits per heavy atom. The number of hydrogen-bond donors (Lipinski definition) is 2. The number of nitrogens with one attached hydrogen (secondary N) is 2. The molecule has 0 spiro atoms. The van der Waals surface area contributed by atoms with E-state index in [1.807, 2.05) is 24.3 Å². The van der Waals surface area contributed by atoms with Gasteiger partial charge in [0.2, 0.25) is 5.91 Å². The normalized spacial score (nSPS) is 10.7. The second-order valence-corrected chi connectivity index (χ2v) is 7.08. The molecule has 0 aliphatic carbocycles. The maximum absolute atomic E-state index is 12.7. The predicted octanol–water partition coefficient (Wildman–Crippen LogP) is 2.55. The second-order valence-electron chi connectivity index (χ2n) is 7.08. The summed E-state index contributed by atoms with van der Waals surface area (Å²) in [7, 11) is 1.61. The molecule has 1 amide bonds. The van der Waals surface area contributed by atoms with Gasteiger partial charge in [0, 0.05) is 6.54 Å². The number of nitrogens with zero attached hydrogens (tertiary/aromatic N) is 1. The number of benzene rings is 3. The molecule has 0 aliphatic rings. The monoisotopic (exact) mass is 415 g/mol. The summed E-state index contributed by atoms with van der Waals surface area (Å²) < 4.78 is 6.21. The van der Waals surface area contributed by atoms with Crippen molar-refractivity contribution in [1.82, 2.24) is 14.9 Å². The number of ether oxygens (including phenoxy) is 1. The molecule has 0 unspecified atom stereocenters. The minimum atomic E-state index is -0.506. The van der Waals surface area contributed by atoms with Crippen LogP contribution in [0, 0.1) is 0 Å². The SMILES string of the molecule is COc1ccc(CNC(=O)Cc2ccc(-n3c(=O)[nH]c4ccccc4c3=O)cc2)cc1. The Kier molecular flexibility index (Phi) is 5.66. The number of amides is 1. The Labute approximate surface area is 177 Å². The number of para-hydroxylation sites is 1. The number of aromatic nitrogens is 2. The average molecular weight is 415 g/mol. The van der Waals surface area contributed by atoms with Crippen molar-refractivity contribution in [2.75, 3.05) is 7.11 Å². The van der Waals surface area contributed by atoms with Crippen LogP contribution in [0.1, 0.15) is 11.1 Å². The van der Waals surface area contributed by atoms with Crippen molar-refractivity contribution >= 4 is 16.8 Å². The van der Waals surface area contributed by atoms with E-state index in [1.54, 1.807) is 55.6 Å². The molecule has 0 atom stereocenters. The van der Waals surface area contributed by atoms with E-state index >= 15 is 0 Å². The summed E-state index contributed by atoms with van der Waals surface area (Å²) in [6, 6.07) is 21.2. The third-order valence-corrected chi connectivity index (χ3v) is 5.01. The lowest BCUT2D eigenvalue weighted by molar-refractivity contribution is -0.120. The summed E-state index contributed by atoms with van der Waals surface area (Å²) in [4.78, 5) is 40.1. The predicted molar refractivity (Wildman–Crippen MR) is 119 cm³/mol. The molecule has 1 heterocycles. The molecule has 7 heteroatoms. The molecule has 156 valence electrons. The Bertz CT molecular complexity index is 1340. The highest BCUT2D eigenvalue weighted by Gasteiger charge is 2.10. The number of fused-ring (bicyclic) bond motifs is 1. The molecule has 0 saturated heterocycles. The lowest BCUT2D eigenvalue weighted by Crippen LogP contribution is -2.33. The van der Waals surface area contributed by atoms with Gasteiger partial charge in [-0.15, -0.1) is 0 Å². The highest BCUT2D eigenvalue weighted by Crippen LogP contribution is 2.12. The van der Waals surface area contributed by atoms with Gasteiger partial charge in [-0.2, -0.15) is 0 Å². The van der Waals surface area contributed by atoms with Crippen molar-refractivity contribution < 1.29 is 9.53 Å². The highest BCUT2D eigenvalue weighted by molar-refractivity contribution is 5.79. The van der Waals surface area contributed by atoms with E-state index in [0.717, 1.165) is 21.4 Å². The van der Waals surface area contributed by atoms with E-state index in [2.05, 4.69) is 10.3 Å². The first-order chi connectivity index (χ1) is 15.0. The number of carbonyl (C=O) groups excluding carboxylic acids is 1. The van der Waals surface area contributed by atoms with Gasteiger partial charge in [-0.3, -0.25) is 9.59 Å². The third-order valence-electron chi connectivity index (χ3n) is 5.01. The van der Waals surface area contributed by atoms with E-state index in [9.17, 15) is 14.4 Å². The average Bonchev–Trinajstić information content (AvgIpc) is 2.79. The number of H-pyrrole nitrogens is 1. The topological polar surface area (TPSA) is 93.2 Å². The van der Waals surface area contributed by atoms with Crippen LogP contribution in [0.4, 0.5) is 0 Å². The van der Waals surface area contributed by atoms with Crippen molar-refractivity contribution in [2.45, 2.75) is 13.0 Å². The van der Waals surface area contributed by atoms with Gasteiger partial charge in [0.25, 0.3) is 5.56 Å². The first kappa shape index (κ1) is 20.2. The molecule has 0 fully saturated rings. The van der Waals surface area contributed by atoms with Crippen molar-refractivity contribution in [3.63, 3.8) is 0 Å². The van der Waals surface area contributed by atoms with E-state index in [4.69, 9.17) is 4.74 Å². The van der Waals surface area contributed by atoms with Crippen LogP contribution in [0.2, 0.25) is 0 Å². The summed E-state index contributed by atoms with van der Waals surface area (Å²) in [6.07, 6.45) is 0.194. The Morgan fingerprint density at radius 3 is 2.32 bits per heavy atom. The van der Waals surface area contributed by atoms with Crippen LogP contribution in [-0.2, 0) is 17.8 Å². The quantitative estimate of drug-likeness (QED) is 0.506. The van der Waals surface area contributed by atoms with Gasteiger partial charge in [0.15, 0.2) is 0 Å². The fraction of sp³-hybridized carbons (Fsp3) is 0.125. The third kappa shape index (κ3) is 4.40. The molecule has 0 saturated carbocycles. The number of hydrogen-bond acceptors (Lipinski definition) is 4.